The van der Waals surface area contributed by atoms with Crippen molar-refractivity contribution in [2.24, 2.45) is 0 Å². The molecule has 0 radical (unpaired) electrons. The van der Waals surface area contributed by atoms with Gasteiger partial charge in [0.1, 0.15) is 0 Å². The Morgan fingerprint density at radius 3 is 2.66 bits per heavy atom. The molecule has 1 aromatic heterocycles. The Morgan fingerprint density at radius 1 is 1.21 bits per heavy atom. The molecule has 0 spiro atoms. The van der Waals surface area contributed by atoms with Crippen LogP contribution in [0.15, 0.2) is 46.1 Å². The lowest BCUT2D eigenvalue weighted by molar-refractivity contribution is 0.0526. The van der Waals surface area contributed by atoms with Gasteiger partial charge in [-0.2, -0.15) is 0 Å². The van der Waals surface area contributed by atoms with Crippen molar-refractivity contribution in [2.45, 2.75) is 31.7 Å². The number of anilines is 1. The van der Waals surface area contributed by atoms with Gasteiger partial charge >= 0.3 is 10.8 Å². The highest BCUT2D eigenvalue weighted by atomic mass is 35.5. The first-order valence-corrected chi connectivity index (χ1v) is 11.6. The summed E-state index contributed by atoms with van der Waals surface area (Å²) < 4.78 is 35.2. The van der Waals surface area contributed by atoms with E-state index >= 15 is 0 Å². The smallest absolute Gasteiger partial charge is 0.339 e. The molecule has 2 aromatic carbocycles. The first kappa shape index (κ1) is 21.4. The van der Waals surface area contributed by atoms with Crippen molar-refractivity contribution in [1.82, 2.24) is 4.57 Å². The zero-order valence-corrected chi connectivity index (χ0v) is 18.2. The van der Waals surface area contributed by atoms with E-state index in [1.807, 2.05) is 6.92 Å². The van der Waals surface area contributed by atoms with E-state index in [9.17, 15) is 18.0 Å². The minimum Gasteiger partial charge on any atom is -0.462 e. The molecule has 0 amide bonds. The Kier molecular flexibility index (Phi) is 6.30. The molecule has 0 atom stereocenters. The Bertz CT molecular complexity index is 1230. The molecule has 0 saturated heterocycles. The Hall–Kier alpha value is -2.36. The molecule has 0 unspecified atom stereocenters. The number of nitrogens with zero attached hydrogens (tertiary/aromatic N) is 1. The second-order valence-corrected chi connectivity index (χ2v) is 9.25. The average molecular weight is 455 g/mol. The molecule has 0 saturated carbocycles. The normalized spacial score (nSPS) is 11.6. The highest BCUT2D eigenvalue weighted by Gasteiger charge is 2.19. The number of carbonyl (C=O) groups is 1. The maximum Gasteiger partial charge on any atom is 0.339 e. The second kappa shape index (κ2) is 8.56. The van der Waals surface area contributed by atoms with Crippen molar-refractivity contribution < 1.29 is 17.9 Å². The van der Waals surface area contributed by atoms with E-state index in [1.165, 1.54) is 30.3 Å². The number of aryl methyl sites for hydroxylation is 1. The number of aromatic nitrogens is 1. The second-order valence-electron chi connectivity index (χ2n) is 6.17. The molecular weight excluding hydrogens is 436 g/mol. The molecular formula is C19H19ClN2O5S2. The van der Waals surface area contributed by atoms with Crippen molar-refractivity contribution in [3.8, 4) is 0 Å². The summed E-state index contributed by atoms with van der Waals surface area (Å²) >= 11 is 7.02. The van der Waals surface area contributed by atoms with Gasteiger partial charge in [-0.25, -0.2) is 13.2 Å². The molecule has 3 aromatic rings. The topological polar surface area (TPSA) is 94.5 Å². The van der Waals surface area contributed by atoms with Crippen LogP contribution in [0.25, 0.3) is 10.2 Å². The van der Waals surface area contributed by atoms with Gasteiger partial charge in [-0.3, -0.25) is 14.1 Å². The summed E-state index contributed by atoms with van der Waals surface area (Å²) in [6.07, 6.45) is 0.798. The van der Waals surface area contributed by atoms with Crippen LogP contribution in [0.5, 0.6) is 0 Å². The number of esters is 1. The minimum atomic E-state index is -3.94. The van der Waals surface area contributed by atoms with Crippen LogP contribution in [-0.4, -0.2) is 25.6 Å². The fraction of sp³-hybridized carbons (Fsp3) is 0.263. The summed E-state index contributed by atoms with van der Waals surface area (Å²) in [4.78, 5) is 24.0. The van der Waals surface area contributed by atoms with Crippen LogP contribution in [0.3, 0.4) is 0 Å². The van der Waals surface area contributed by atoms with E-state index in [-0.39, 0.29) is 32.6 Å². The van der Waals surface area contributed by atoms with Crippen LogP contribution < -0.4 is 9.60 Å². The number of nitrogens with one attached hydrogen (secondary N) is 1. The van der Waals surface area contributed by atoms with Crippen LogP contribution in [0.1, 0.15) is 30.6 Å². The lowest BCUT2D eigenvalue weighted by Crippen LogP contribution is -2.14. The number of hydrogen-bond acceptors (Lipinski definition) is 6. The number of benzene rings is 2. The molecule has 0 aliphatic heterocycles. The van der Waals surface area contributed by atoms with Crippen molar-refractivity contribution in [3.63, 3.8) is 0 Å². The van der Waals surface area contributed by atoms with Gasteiger partial charge in [0.15, 0.2) is 0 Å². The van der Waals surface area contributed by atoms with Gasteiger partial charge in [0.2, 0.25) is 0 Å². The standard InChI is InChI=1S/C19H19ClN2O5S2/c1-3-9-22-16-8-6-13(11-17(16)28-19(22)24)29(25,26)21-12-5-7-15(20)14(10-12)18(23)27-4-2/h5-8,10-11,21H,3-4,9H2,1-2H3. The van der Waals surface area contributed by atoms with Crippen LogP contribution >= 0.6 is 22.9 Å². The molecule has 29 heavy (non-hydrogen) atoms. The van der Waals surface area contributed by atoms with Crippen LogP contribution in [0, 0.1) is 0 Å². The average Bonchev–Trinajstić information content (AvgIpc) is 2.98. The van der Waals surface area contributed by atoms with Gasteiger partial charge < -0.3 is 4.74 Å². The van der Waals surface area contributed by atoms with E-state index in [2.05, 4.69) is 4.72 Å². The SMILES string of the molecule is CCCn1c(=O)sc2cc(S(=O)(=O)Nc3ccc(Cl)c(C(=O)OCC)c3)ccc21. The minimum absolute atomic E-state index is 0.0162. The predicted molar refractivity (Wildman–Crippen MR) is 115 cm³/mol. The molecule has 0 aliphatic carbocycles. The van der Waals surface area contributed by atoms with E-state index in [4.69, 9.17) is 16.3 Å². The molecule has 154 valence electrons. The number of hydrogen-bond donors (Lipinski definition) is 1. The quantitative estimate of drug-likeness (QED) is 0.542. The molecule has 7 nitrogen and oxygen atoms in total. The number of rotatable bonds is 7. The van der Waals surface area contributed by atoms with E-state index in [1.54, 1.807) is 17.6 Å². The summed E-state index contributed by atoms with van der Waals surface area (Å²) in [5, 5.41) is 0.162. The van der Waals surface area contributed by atoms with Gasteiger partial charge in [0.05, 0.1) is 32.3 Å². The monoisotopic (exact) mass is 454 g/mol. The third kappa shape index (κ3) is 4.47. The lowest BCUT2D eigenvalue weighted by atomic mass is 10.2. The molecule has 0 bridgehead atoms. The highest BCUT2D eigenvalue weighted by Crippen LogP contribution is 2.26. The van der Waals surface area contributed by atoms with Gasteiger partial charge in [-0.1, -0.05) is 29.9 Å². The molecule has 1 heterocycles. The maximum absolute atomic E-state index is 12.8. The Balaban J connectivity index is 1.95. The van der Waals surface area contributed by atoms with Crippen molar-refractivity contribution >= 4 is 54.8 Å². The van der Waals surface area contributed by atoms with Crippen LogP contribution in [0.4, 0.5) is 5.69 Å². The van der Waals surface area contributed by atoms with E-state index in [0.29, 0.717) is 16.8 Å². The number of fused-ring (bicyclic) bond motifs is 1. The largest absolute Gasteiger partial charge is 0.462 e. The third-order valence-corrected chi connectivity index (χ3v) is 6.76. The first-order valence-electron chi connectivity index (χ1n) is 8.89. The zero-order valence-electron chi connectivity index (χ0n) is 15.8. The van der Waals surface area contributed by atoms with Crippen molar-refractivity contribution in [2.75, 3.05) is 11.3 Å². The fourth-order valence-electron chi connectivity index (χ4n) is 2.82. The number of ether oxygens (including phenoxy) is 1. The summed E-state index contributed by atoms with van der Waals surface area (Å²) in [6.45, 7) is 4.38. The van der Waals surface area contributed by atoms with Gasteiger partial charge in [-0.15, -0.1) is 0 Å². The molecule has 1 N–H and O–H groups in total. The van der Waals surface area contributed by atoms with Crippen LogP contribution in [0.2, 0.25) is 5.02 Å². The Morgan fingerprint density at radius 2 is 1.97 bits per heavy atom. The van der Waals surface area contributed by atoms with Crippen molar-refractivity contribution in [3.05, 3.63) is 56.7 Å². The highest BCUT2D eigenvalue weighted by molar-refractivity contribution is 7.92. The summed E-state index contributed by atoms with van der Waals surface area (Å²) in [5.74, 6) is -0.637. The first-order chi connectivity index (χ1) is 13.8. The maximum atomic E-state index is 12.8. The molecule has 10 heteroatoms. The lowest BCUT2D eigenvalue weighted by Gasteiger charge is -2.11. The molecule has 0 aliphatic rings. The Labute approximate surface area is 176 Å². The number of sulfonamides is 1. The van der Waals surface area contributed by atoms with Gasteiger partial charge in [0, 0.05) is 12.2 Å². The zero-order chi connectivity index (χ0) is 21.2. The summed E-state index contributed by atoms with van der Waals surface area (Å²) in [6, 6.07) is 8.75. The molecule has 0 fully saturated rings. The van der Waals surface area contributed by atoms with E-state index < -0.39 is 16.0 Å². The third-order valence-electron chi connectivity index (χ3n) is 4.11. The number of carbonyl (C=O) groups excluding carboxylic acids is 1. The van der Waals surface area contributed by atoms with Crippen molar-refractivity contribution in [1.29, 1.82) is 0 Å². The van der Waals surface area contributed by atoms with Crippen LogP contribution in [-0.2, 0) is 21.3 Å². The fourth-order valence-corrected chi connectivity index (χ4v) is 5.12. The van der Waals surface area contributed by atoms with E-state index in [0.717, 1.165) is 17.8 Å². The summed E-state index contributed by atoms with van der Waals surface area (Å²) in [7, 11) is -3.94. The molecule has 3 rings (SSSR count). The summed E-state index contributed by atoms with van der Waals surface area (Å²) in [5.41, 5.74) is 0.949. The number of halogens is 1. The van der Waals surface area contributed by atoms with Gasteiger partial charge in [-0.05, 0) is 49.7 Å². The predicted octanol–water partition coefficient (Wildman–Crippen LogP) is 4.10. The van der Waals surface area contributed by atoms with Gasteiger partial charge in [0.25, 0.3) is 10.0 Å². The number of thiazole rings is 1.